The fourth-order valence-corrected chi connectivity index (χ4v) is 4.52. The van der Waals surface area contributed by atoms with Crippen molar-refractivity contribution < 1.29 is 8.42 Å². The molecule has 0 spiro atoms. The van der Waals surface area contributed by atoms with Crippen LogP contribution < -0.4 is 5.32 Å². The molecule has 0 amide bonds. The van der Waals surface area contributed by atoms with E-state index in [2.05, 4.69) is 31.0 Å². The first-order valence-electron chi connectivity index (χ1n) is 8.11. The first kappa shape index (κ1) is 17.2. The van der Waals surface area contributed by atoms with Crippen molar-refractivity contribution in [1.29, 1.82) is 0 Å². The lowest BCUT2D eigenvalue weighted by Gasteiger charge is -2.38. The van der Waals surface area contributed by atoms with Gasteiger partial charge in [0.1, 0.15) is 0 Å². The van der Waals surface area contributed by atoms with E-state index in [-0.39, 0.29) is 5.54 Å². The lowest BCUT2D eigenvalue weighted by molar-refractivity contribution is 0.129. The lowest BCUT2D eigenvalue weighted by Crippen LogP contribution is -2.50. The van der Waals surface area contributed by atoms with Crippen LogP contribution in [0.1, 0.15) is 40.0 Å². The third-order valence-electron chi connectivity index (χ3n) is 4.83. The van der Waals surface area contributed by atoms with E-state index < -0.39 is 10.0 Å². The minimum Gasteiger partial charge on any atom is -0.310 e. The first-order chi connectivity index (χ1) is 9.67. The molecule has 2 aliphatic rings. The number of hydrogen-bond donors (Lipinski definition) is 1. The van der Waals surface area contributed by atoms with Crippen LogP contribution in [0.5, 0.6) is 0 Å². The maximum absolute atomic E-state index is 11.7. The predicted octanol–water partition coefficient (Wildman–Crippen LogP) is 1.12. The normalized spacial score (nSPS) is 32.8. The van der Waals surface area contributed by atoms with Crippen molar-refractivity contribution in [3.05, 3.63) is 0 Å². The van der Waals surface area contributed by atoms with Crippen LogP contribution >= 0.6 is 0 Å². The number of piperidine rings is 1. The number of nitrogens with one attached hydrogen (secondary N) is 1. The SMILES string of the molecule is CC1CCNC(C)(C)CN1CC1CCCN(S(C)(=O)=O)C1. The van der Waals surface area contributed by atoms with Gasteiger partial charge in [-0.2, -0.15) is 0 Å². The quantitative estimate of drug-likeness (QED) is 0.847. The van der Waals surface area contributed by atoms with Gasteiger partial charge in [0, 0.05) is 37.8 Å². The third kappa shape index (κ3) is 4.91. The summed E-state index contributed by atoms with van der Waals surface area (Å²) in [6.07, 6.45) is 4.62. The zero-order valence-corrected chi connectivity index (χ0v) is 14.7. The fourth-order valence-electron chi connectivity index (χ4n) is 3.57. The van der Waals surface area contributed by atoms with Crippen molar-refractivity contribution in [2.45, 2.75) is 51.6 Å². The molecule has 0 aromatic heterocycles. The average molecular weight is 317 g/mol. The Kier molecular flexibility index (Phi) is 5.34. The van der Waals surface area contributed by atoms with E-state index in [1.807, 2.05) is 0 Å². The summed E-state index contributed by atoms with van der Waals surface area (Å²) in [6.45, 7) is 11.3. The lowest BCUT2D eigenvalue weighted by atomic mass is 9.97. The molecule has 124 valence electrons. The Labute approximate surface area is 130 Å². The molecule has 2 rings (SSSR count). The van der Waals surface area contributed by atoms with Gasteiger partial charge in [0.2, 0.25) is 10.0 Å². The van der Waals surface area contributed by atoms with E-state index in [9.17, 15) is 8.42 Å². The van der Waals surface area contributed by atoms with Gasteiger partial charge in [-0.1, -0.05) is 0 Å². The van der Waals surface area contributed by atoms with Crippen molar-refractivity contribution in [3.8, 4) is 0 Å². The number of hydrogen-bond acceptors (Lipinski definition) is 4. The van der Waals surface area contributed by atoms with Gasteiger partial charge < -0.3 is 5.32 Å². The number of sulfonamides is 1. The molecule has 0 saturated carbocycles. The summed E-state index contributed by atoms with van der Waals surface area (Å²) < 4.78 is 25.2. The summed E-state index contributed by atoms with van der Waals surface area (Å²) in [5, 5.41) is 3.60. The summed E-state index contributed by atoms with van der Waals surface area (Å²) >= 11 is 0. The zero-order valence-electron chi connectivity index (χ0n) is 13.9. The Hall–Kier alpha value is -0.170. The van der Waals surface area contributed by atoms with Gasteiger partial charge in [-0.05, 0) is 52.5 Å². The van der Waals surface area contributed by atoms with Crippen molar-refractivity contribution in [2.24, 2.45) is 5.92 Å². The Balaban J connectivity index is 1.99. The molecule has 0 aromatic carbocycles. The molecule has 2 heterocycles. The summed E-state index contributed by atoms with van der Waals surface area (Å²) in [5.41, 5.74) is 0.135. The van der Waals surface area contributed by atoms with Gasteiger partial charge >= 0.3 is 0 Å². The zero-order chi connectivity index (χ0) is 15.7. The van der Waals surface area contributed by atoms with E-state index in [4.69, 9.17) is 0 Å². The summed E-state index contributed by atoms with van der Waals surface area (Å²) in [5.74, 6) is 0.463. The summed E-state index contributed by atoms with van der Waals surface area (Å²) in [6, 6.07) is 0.563. The molecule has 5 nitrogen and oxygen atoms in total. The van der Waals surface area contributed by atoms with Crippen LogP contribution in [0.2, 0.25) is 0 Å². The number of rotatable bonds is 3. The minimum absolute atomic E-state index is 0.135. The second-order valence-electron chi connectivity index (χ2n) is 7.51. The molecule has 2 saturated heterocycles. The monoisotopic (exact) mass is 317 g/mol. The highest BCUT2D eigenvalue weighted by molar-refractivity contribution is 7.88. The van der Waals surface area contributed by atoms with E-state index >= 15 is 0 Å². The van der Waals surface area contributed by atoms with Gasteiger partial charge in [-0.15, -0.1) is 0 Å². The van der Waals surface area contributed by atoms with Crippen LogP contribution in [0.3, 0.4) is 0 Å². The molecule has 0 bridgehead atoms. The van der Waals surface area contributed by atoms with E-state index in [0.717, 1.165) is 38.9 Å². The van der Waals surface area contributed by atoms with Gasteiger partial charge in [0.05, 0.1) is 6.26 Å². The highest BCUT2D eigenvalue weighted by Gasteiger charge is 2.32. The standard InChI is InChI=1S/C15H31N3O2S/c1-13-7-8-16-15(2,3)12-17(13)10-14-6-5-9-18(11-14)21(4,19)20/h13-14,16H,5-12H2,1-4H3. The maximum atomic E-state index is 11.7. The third-order valence-corrected chi connectivity index (χ3v) is 6.10. The molecule has 21 heavy (non-hydrogen) atoms. The van der Waals surface area contributed by atoms with E-state index in [1.165, 1.54) is 6.26 Å². The van der Waals surface area contributed by atoms with Crippen LogP contribution in [-0.2, 0) is 10.0 Å². The van der Waals surface area contributed by atoms with Crippen molar-refractivity contribution in [2.75, 3.05) is 39.0 Å². The van der Waals surface area contributed by atoms with E-state index in [0.29, 0.717) is 25.0 Å². The van der Waals surface area contributed by atoms with Crippen molar-refractivity contribution in [3.63, 3.8) is 0 Å². The highest BCUT2D eigenvalue weighted by atomic mass is 32.2. The van der Waals surface area contributed by atoms with Gasteiger partial charge in [-0.25, -0.2) is 12.7 Å². The van der Waals surface area contributed by atoms with Crippen LogP contribution in [0.4, 0.5) is 0 Å². The van der Waals surface area contributed by atoms with Crippen LogP contribution in [-0.4, -0.2) is 68.2 Å². The number of nitrogens with zero attached hydrogens (tertiary/aromatic N) is 2. The van der Waals surface area contributed by atoms with Gasteiger partial charge in [0.15, 0.2) is 0 Å². The van der Waals surface area contributed by atoms with Crippen LogP contribution in [0.15, 0.2) is 0 Å². The predicted molar refractivity (Wildman–Crippen MR) is 86.9 cm³/mol. The highest BCUT2D eigenvalue weighted by Crippen LogP contribution is 2.23. The summed E-state index contributed by atoms with van der Waals surface area (Å²) in [4.78, 5) is 2.55. The minimum atomic E-state index is -3.04. The Morgan fingerprint density at radius 3 is 2.67 bits per heavy atom. The summed E-state index contributed by atoms with van der Waals surface area (Å²) in [7, 11) is -3.04. The van der Waals surface area contributed by atoms with Gasteiger partial charge in [0.25, 0.3) is 0 Å². The molecule has 2 atom stereocenters. The second-order valence-corrected chi connectivity index (χ2v) is 9.49. The topological polar surface area (TPSA) is 52.6 Å². The molecule has 2 unspecified atom stereocenters. The maximum Gasteiger partial charge on any atom is 0.211 e. The first-order valence-corrected chi connectivity index (χ1v) is 9.96. The molecule has 6 heteroatoms. The molecule has 0 aromatic rings. The second kappa shape index (κ2) is 6.52. The molecule has 1 N–H and O–H groups in total. The molecular weight excluding hydrogens is 286 g/mol. The van der Waals surface area contributed by atoms with Crippen LogP contribution in [0, 0.1) is 5.92 Å². The largest absolute Gasteiger partial charge is 0.310 e. The molecule has 2 aliphatic heterocycles. The van der Waals surface area contributed by atoms with E-state index in [1.54, 1.807) is 4.31 Å². The molecule has 0 aliphatic carbocycles. The Morgan fingerprint density at radius 2 is 2.00 bits per heavy atom. The van der Waals surface area contributed by atoms with Gasteiger partial charge in [-0.3, -0.25) is 4.90 Å². The Bertz CT molecular complexity index is 450. The molecule has 2 fully saturated rings. The van der Waals surface area contributed by atoms with Crippen molar-refractivity contribution >= 4 is 10.0 Å². The fraction of sp³-hybridized carbons (Fsp3) is 1.00. The van der Waals surface area contributed by atoms with Crippen LogP contribution in [0.25, 0.3) is 0 Å². The Morgan fingerprint density at radius 1 is 1.29 bits per heavy atom. The molecule has 0 radical (unpaired) electrons. The smallest absolute Gasteiger partial charge is 0.211 e. The van der Waals surface area contributed by atoms with Crippen molar-refractivity contribution in [1.82, 2.24) is 14.5 Å². The molecular formula is C15H31N3O2S. The average Bonchev–Trinajstić information content (AvgIpc) is 2.48.